The minimum absolute atomic E-state index is 0.0203. The van der Waals surface area contributed by atoms with Crippen LogP contribution in [-0.4, -0.2) is 48.1 Å². The highest BCUT2D eigenvalue weighted by Gasteiger charge is 2.39. The third-order valence-corrected chi connectivity index (χ3v) is 6.14. The van der Waals surface area contributed by atoms with Crippen molar-refractivity contribution in [2.75, 3.05) is 13.1 Å². The molecule has 0 aromatic heterocycles. The van der Waals surface area contributed by atoms with Gasteiger partial charge in [0, 0.05) is 24.4 Å². The average Bonchev–Trinajstić information content (AvgIpc) is 2.76. The van der Waals surface area contributed by atoms with E-state index in [1.54, 1.807) is 6.07 Å². The molecule has 2 aromatic rings. The minimum Gasteiger partial charge on any atom is -0.393 e. The highest BCUT2D eigenvalue weighted by molar-refractivity contribution is 6.01. The van der Waals surface area contributed by atoms with Gasteiger partial charge < -0.3 is 51.0 Å². The molecule has 1 aliphatic carbocycles. The number of hydrogen-bond donors (Lipinski definition) is 9. The first-order chi connectivity index (χ1) is 16.6. The van der Waals surface area contributed by atoms with E-state index in [1.165, 1.54) is 0 Å². The maximum absolute atomic E-state index is 11.1. The zero-order chi connectivity index (χ0) is 25.7. The van der Waals surface area contributed by atoms with Gasteiger partial charge in [-0.2, -0.15) is 0 Å². The number of benzene rings is 2. The lowest BCUT2D eigenvalue weighted by Gasteiger charge is -2.39. The van der Waals surface area contributed by atoms with E-state index in [1.807, 2.05) is 24.3 Å². The summed E-state index contributed by atoms with van der Waals surface area (Å²) in [5.74, 6) is -0.708. The van der Waals surface area contributed by atoms with Gasteiger partial charge in [0.05, 0.1) is 17.5 Å². The Hall–Kier alpha value is -4.26. The van der Waals surface area contributed by atoms with Crippen LogP contribution in [0, 0.1) is 11.8 Å². The fraction of sp³-hybridized carbons (Fsp3) is 0.364. The van der Waals surface area contributed by atoms with Crippen molar-refractivity contribution in [2.24, 2.45) is 77.7 Å². The van der Waals surface area contributed by atoms with Crippen LogP contribution in [0.2, 0.25) is 0 Å². The number of guanidine groups is 4. The smallest absolute Gasteiger partial charge is 0.191 e. The average molecular weight is 483 g/mol. The number of aliphatic hydroxyl groups is 1. The third-order valence-electron chi connectivity index (χ3n) is 6.14. The van der Waals surface area contributed by atoms with E-state index in [-0.39, 0.29) is 41.6 Å². The van der Waals surface area contributed by atoms with E-state index in [0.29, 0.717) is 37.3 Å². The molecule has 0 unspecified atom stereocenters. The van der Waals surface area contributed by atoms with Crippen LogP contribution in [0.1, 0.15) is 24.3 Å². The molecule has 1 saturated carbocycles. The molecule has 0 saturated heterocycles. The Kier molecular flexibility index (Phi) is 7.81. The Morgan fingerprint density at radius 2 is 1.26 bits per heavy atom. The maximum atomic E-state index is 11.1. The van der Waals surface area contributed by atoms with E-state index in [4.69, 9.17) is 45.9 Å². The van der Waals surface area contributed by atoms with Gasteiger partial charge in [0.1, 0.15) is 0 Å². The molecule has 13 heteroatoms. The lowest BCUT2D eigenvalue weighted by atomic mass is 9.68. The summed E-state index contributed by atoms with van der Waals surface area (Å²) in [4.78, 5) is 17.0. The van der Waals surface area contributed by atoms with Crippen molar-refractivity contribution < 1.29 is 5.11 Å². The zero-order valence-electron chi connectivity index (χ0n) is 19.4. The summed E-state index contributed by atoms with van der Waals surface area (Å²) < 4.78 is 0. The van der Waals surface area contributed by atoms with Gasteiger partial charge in [-0.05, 0) is 41.7 Å². The molecule has 35 heavy (non-hydrogen) atoms. The van der Waals surface area contributed by atoms with Gasteiger partial charge >= 0.3 is 0 Å². The maximum Gasteiger partial charge on any atom is 0.191 e. The summed E-state index contributed by atoms with van der Waals surface area (Å²) >= 11 is 0. The van der Waals surface area contributed by atoms with Gasteiger partial charge in [0.2, 0.25) is 0 Å². The van der Waals surface area contributed by atoms with E-state index in [9.17, 15) is 5.11 Å². The standard InChI is InChI=1S/C22H34N12O/c23-19(24)31-8-10-5-11(9-32-20(25)26)17(35)6-14(10)18-13-4-2-1-3-12(13)15(33-21(27)28)7-16(18)34-22(29)30/h1-4,7,10-11,14,17,35H,5-6,8-9H2,(H4,23,24,31)(H4,25,26,32)(H4,27,28,33)(H4,29,30,34)/t10-,11+,14+,17-/m1/s1. The molecule has 13 nitrogen and oxygen atoms in total. The van der Waals surface area contributed by atoms with Gasteiger partial charge in [0.15, 0.2) is 23.8 Å². The molecular weight excluding hydrogens is 448 g/mol. The normalized spacial score (nSPS) is 21.6. The second-order valence-corrected chi connectivity index (χ2v) is 8.64. The highest BCUT2D eigenvalue weighted by Crippen LogP contribution is 2.48. The minimum atomic E-state index is -0.679. The van der Waals surface area contributed by atoms with Gasteiger partial charge in [-0.25, -0.2) is 9.98 Å². The van der Waals surface area contributed by atoms with E-state index in [2.05, 4.69) is 20.0 Å². The predicted molar refractivity (Wildman–Crippen MR) is 141 cm³/mol. The summed E-state index contributed by atoms with van der Waals surface area (Å²) in [6.45, 7) is 0.628. The number of aliphatic imine (C=N–C) groups is 4. The molecule has 4 atom stereocenters. The lowest BCUT2D eigenvalue weighted by Crippen LogP contribution is -2.38. The van der Waals surface area contributed by atoms with Crippen molar-refractivity contribution in [2.45, 2.75) is 24.9 Å². The zero-order valence-corrected chi connectivity index (χ0v) is 19.4. The Morgan fingerprint density at radius 3 is 1.83 bits per heavy atom. The summed E-state index contributed by atoms with van der Waals surface area (Å²) in [7, 11) is 0. The number of nitrogens with zero attached hydrogens (tertiary/aromatic N) is 4. The van der Waals surface area contributed by atoms with Gasteiger partial charge in [0.25, 0.3) is 0 Å². The molecule has 188 valence electrons. The molecule has 0 heterocycles. The second kappa shape index (κ2) is 10.8. The summed E-state index contributed by atoms with van der Waals surface area (Å²) in [5.41, 5.74) is 47.0. The molecule has 0 radical (unpaired) electrons. The number of nitrogens with two attached hydrogens (primary N) is 8. The summed E-state index contributed by atoms with van der Waals surface area (Å²) in [5, 5.41) is 12.7. The van der Waals surface area contributed by atoms with Crippen LogP contribution in [-0.2, 0) is 0 Å². The van der Waals surface area contributed by atoms with Crippen LogP contribution in [0.15, 0.2) is 50.3 Å². The van der Waals surface area contributed by atoms with E-state index >= 15 is 0 Å². The van der Waals surface area contributed by atoms with Crippen LogP contribution in [0.25, 0.3) is 10.8 Å². The quantitative estimate of drug-likeness (QED) is 0.166. The molecule has 0 spiro atoms. The SMILES string of the molecule is NC(N)=NC[C@@H]1C[C@H](CN=C(N)N)[C@@H](c2c(N=C(N)N)cc(N=C(N)N)c3ccccc23)C[C@H]1O. The molecule has 17 N–H and O–H groups in total. The second-order valence-electron chi connectivity index (χ2n) is 8.64. The van der Waals surface area contributed by atoms with E-state index in [0.717, 1.165) is 16.3 Å². The summed E-state index contributed by atoms with van der Waals surface area (Å²) in [6.07, 6.45) is 0.292. The Bertz CT molecular complexity index is 1170. The van der Waals surface area contributed by atoms with Crippen LogP contribution in [0.4, 0.5) is 11.4 Å². The monoisotopic (exact) mass is 482 g/mol. The van der Waals surface area contributed by atoms with Crippen LogP contribution in [0.5, 0.6) is 0 Å². The van der Waals surface area contributed by atoms with Crippen molar-refractivity contribution in [1.29, 1.82) is 0 Å². The Balaban J connectivity index is 2.22. The van der Waals surface area contributed by atoms with Gasteiger partial charge in [-0.1, -0.05) is 24.3 Å². The Labute approximate surface area is 203 Å². The molecule has 0 aliphatic heterocycles. The van der Waals surface area contributed by atoms with Crippen LogP contribution in [0.3, 0.4) is 0 Å². The largest absolute Gasteiger partial charge is 0.393 e. The van der Waals surface area contributed by atoms with Crippen molar-refractivity contribution in [3.63, 3.8) is 0 Å². The van der Waals surface area contributed by atoms with Crippen LogP contribution >= 0.6 is 0 Å². The fourth-order valence-electron chi connectivity index (χ4n) is 4.77. The van der Waals surface area contributed by atoms with Crippen molar-refractivity contribution in [3.8, 4) is 0 Å². The number of aliphatic hydroxyl groups excluding tert-OH is 1. The first kappa shape index (κ1) is 25.4. The molecule has 0 amide bonds. The molecule has 0 bridgehead atoms. The molecule has 1 fully saturated rings. The predicted octanol–water partition coefficient (Wildman–Crippen LogP) is -1.33. The first-order valence-electron chi connectivity index (χ1n) is 11.1. The van der Waals surface area contributed by atoms with E-state index < -0.39 is 6.10 Å². The number of hydrogen-bond acceptors (Lipinski definition) is 5. The molecule has 1 aliphatic rings. The van der Waals surface area contributed by atoms with Crippen LogP contribution < -0.4 is 45.9 Å². The first-order valence-corrected chi connectivity index (χ1v) is 11.1. The molecule has 3 rings (SSSR count). The lowest BCUT2D eigenvalue weighted by molar-refractivity contribution is 0.0423. The molecular formula is C22H34N12O. The fourth-order valence-corrected chi connectivity index (χ4v) is 4.77. The Morgan fingerprint density at radius 1 is 0.714 bits per heavy atom. The van der Waals surface area contributed by atoms with Gasteiger partial charge in [-0.3, -0.25) is 9.98 Å². The van der Waals surface area contributed by atoms with Crippen molar-refractivity contribution in [1.82, 2.24) is 0 Å². The van der Waals surface area contributed by atoms with Gasteiger partial charge in [-0.15, -0.1) is 0 Å². The topological polar surface area (TPSA) is 278 Å². The summed E-state index contributed by atoms with van der Waals surface area (Å²) in [6, 6.07) is 9.36. The number of rotatable bonds is 7. The third kappa shape index (κ3) is 6.20. The van der Waals surface area contributed by atoms with Crippen molar-refractivity contribution in [3.05, 3.63) is 35.9 Å². The highest BCUT2D eigenvalue weighted by atomic mass is 16.3. The molecule has 2 aromatic carbocycles. The van der Waals surface area contributed by atoms with Crippen molar-refractivity contribution >= 4 is 46.0 Å². The number of fused-ring (bicyclic) bond motifs is 1.